The summed E-state index contributed by atoms with van der Waals surface area (Å²) in [6, 6.07) is 4.32. The number of nitrogens with zero attached hydrogens (tertiary/aromatic N) is 1. The molecule has 1 N–H and O–H groups in total. The van der Waals surface area contributed by atoms with E-state index in [-0.39, 0.29) is 28.3 Å². The lowest BCUT2D eigenvalue weighted by Crippen LogP contribution is -2.31. The number of hydrogen-bond acceptors (Lipinski definition) is 4. The number of rotatable bonds is 6. The van der Waals surface area contributed by atoms with E-state index in [1.54, 1.807) is 0 Å². The number of nitro groups is 1. The van der Waals surface area contributed by atoms with E-state index in [9.17, 15) is 14.9 Å². The third kappa shape index (κ3) is 2.92. The molecule has 0 bridgehead atoms. The van der Waals surface area contributed by atoms with Crippen molar-refractivity contribution in [3.8, 4) is 5.75 Å². The number of hydrogen-bond donors (Lipinski definition) is 1. The summed E-state index contributed by atoms with van der Waals surface area (Å²) < 4.78 is 5.02. The van der Waals surface area contributed by atoms with E-state index in [0.717, 1.165) is 18.2 Å². The van der Waals surface area contributed by atoms with Crippen molar-refractivity contribution in [2.75, 3.05) is 19.0 Å². The van der Waals surface area contributed by atoms with E-state index in [1.165, 1.54) is 25.3 Å². The van der Waals surface area contributed by atoms with Crippen LogP contribution in [0.2, 0.25) is 0 Å². The molecule has 0 aromatic heterocycles. The van der Waals surface area contributed by atoms with Crippen LogP contribution in [0.5, 0.6) is 5.75 Å². The van der Waals surface area contributed by atoms with E-state index < -0.39 is 4.92 Å². The van der Waals surface area contributed by atoms with Crippen molar-refractivity contribution in [1.29, 1.82) is 0 Å². The van der Waals surface area contributed by atoms with Crippen LogP contribution in [0, 0.1) is 15.5 Å². The van der Waals surface area contributed by atoms with Crippen LogP contribution < -0.4 is 10.1 Å². The minimum Gasteiger partial charge on any atom is -0.490 e. The lowest BCUT2D eigenvalue weighted by atomic mass is 10.1. The number of nitro benzene ring substituents is 1. The van der Waals surface area contributed by atoms with E-state index in [1.807, 2.05) is 0 Å². The number of carbonyl (C=O) groups excluding carboxylic acids is 1. The van der Waals surface area contributed by atoms with E-state index in [0.29, 0.717) is 6.54 Å². The predicted molar refractivity (Wildman–Crippen MR) is 77.4 cm³/mol. The van der Waals surface area contributed by atoms with Crippen molar-refractivity contribution in [3.63, 3.8) is 0 Å². The summed E-state index contributed by atoms with van der Waals surface area (Å²) in [5, 5.41) is 14.6. The molecule has 6 nitrogen and oxygen atoms in total. The van der Waals surface area contributed by atoms with Crippen LogP contribution in [0.1, 0.15) is 23.2 Å². The van der Waals surface area contributed by atoms with Crippen molar-refractivity contribution in [1.82, 2.24) is 5.32 Å². The lowest BCUT2D eigenvalue weighted by molar-refractivity contribution is -0.385. The second-order valence-electron chi connectivity index (χ2n) is 4.93. The van der Waals surface area contributed by atoms with Gasteiger partial charge >= 0.3 is 5.69 Å². The first kappa shape index (κ1) is 14.8. The predicted octanol–water partition coefficient (Wildman–Crippen LogP) is 2.51. The molecule has 0 aliphatic heterocycles. The summed E-state index contributed by atoms with van der Waals surface area (Å²) >= 11 is 3.43. The van der Waals surface area contributed by atoms with Crippen LogP contribution in [0.25, 0.3) is 0 Å². The summed E-state index contributed by atoms with van der Waals surface area (Å²) in [5.74, 6) is -0.350. The number of para-hydroxylation sites is 1. The molecule has 0 unspecified atom stereocenters. The Bertz CT molecular complexity index is 543. The van der Waals surface area contributed by atoms with Crippen LogP contribution in [0.4, 0.5) is 5.69 Å². The molecule has 1 aliphatic rings. The van der Waals surface area contributed by atoms with Gasteiger partial charge in [-0.3, -0.25) is 14.9 Å². The van der Waals surface area contributed by atoms with Gasteiger partial charge in [-0.15, -0.1) is 0 Å². The molecule has 0 saturated heterocycles. The summed E-state index contributed by atoms with van der Waals surface area (Å²) in [4.78, 5) is 22.5. The first-order valence-corrected chi connectivity index (χ1v) is 7.31. The molecule has 108 valence electrons. The smallest absolute Gasteiger partial charge is 0.311 e. The largest absolute Gasteiger partial charge is 0.490 e. The zero-order valence-electron chi connectivity index (χ0n) is 11.0. The van der Waals surface area contributed by atoms with E-state index in [4.69, 9.17) is 4.74 Å². The SMILES string of the molecule is COc1c(C(=O)NCC2(CBr)CC2)cccc1[N+](=O)[O-]. The van der Waals surface area contributed by atoms with Gasteiger partial charge in [0.05, 0.1) is 17.6 Å². The van der Waals surface area contributed by atoms with Crippen LogP contribution in [-0.2, 0) is 0 Å². The molecule has 1 saturated carbocycles. The molecule has 1 aromatic rings. The maximum absolute atomic E-state index is 12.2. The Balaban J connectivity index is 2.17. The number of alkyl halides is 1. The highest BCUT2D eigenvalue weighted by Gasteiger charge is 2.41. The van der Waals surface area contributed by atoms with Gasteiger partial charge in [-0.1, -0.05) is 22.0 Å². The topological polar surface area (TPSA) is 81.5 Å². The van der Waals surface area contributed by atoms with Gasteiger partial charge in [-0.05, 0) is 24.3 Å². The Hall–Kier alpha value is -1.63. The highest BCUT2D eigenvalue weighted by atomic mass is 79.9. The molecule has 1 amide bonds. The average molecular weight is 343 g/mol. The normalized spacial score (nSPS) is 15.5. The Morgan fingerprint density at radius 3 is 2.75 bits per heavy atom. The number of halogens is 1. The maximum Gasteiger partial charge on any atom is 0.311 e. The molecule has 0 heterocycles. The summed E-state index contributed by atoms with van der Waals surface area (Å²) in [7, 11) is 1.32. The average Bonchev–Trinajstić information content (AvgIpc) is 3.24. The molecule has 1 aliphatic carbocycles. The molecule has 1 aromatic carbocycles. The quantitative estimate of drug-likeness (QED) is 0.489. The number of methoxy groups -OCH3 is 1. The fraction of sp³-hybridized carbons (Fsp3) is 0.462. The zero-order valence-corrected chi connectivity index (χ0v) is 12.6. The van der Waals surface area contributed by atoms with Crippen molar-refractivity contribution >= 4 is 27.5 Å². The van der Waals surface area contributed by atoms with Crippen molar-refractivity contribution in [2.45, 2.75) is 12.8 Å². The fourth-order valence-corrected chi connectivity index (χ4v) is 2.72. The molecule has 1 fully saturated rings. The van der Waals surface area contributed by atoms with Crippen LogP contribution >= 0.6 is 15.9 Å². The minimum atomic E-state index is -0.559. The van der Waals surface area contributed by atoms with Gasteiger partial charge in [0.1, 0.15) is 0 Å². The summed E-state index contributed by atoms with van der Waals surface area (Å²) in [6.07, 6.45) is 2.15. The molecule has 7 heteroatoms. The summed E-state index contributed by atoms with van der Waals surface area (Å²) in [6.45, 7) is 0.558. The number of nitrogens with one attached hydrogen (secondary N) is 1. The standard InChI is InChI=1S/C13H15BrN2O4/c1-20-11-9(3-2-4-10(11)16(18)19)12(17)15-8-13(7-14)5-6-13/h2-4H,5-8H2,1H3,(H,15,17). The molecule has 0 radical (unpaired) electrons. The van der Waals surface area contributed by atoms with E-state index in [2.05, 4.69) is 21.2 Å². The van der Waals surface area contributed by atoms with Gasteiger partial charge in [0.2, 0.25) is 5.75 Å². The molecule has 0 atom stereocenters. The van der Waals surface area contributed by atoms with Gasteiger partial charge in [0.25, 0.3) is 5.91 Å². The Morgan fingerprint density at radius 2 is 2.25 bits per heavy atom. The summed E-state index contributed by atoms with van der Waals surface area (Å²) in [5.41, 5.74) is 0.123. The van der Waals surface area contributed by atoms with Gasteiger partial charge in [0, 0.05) is 17.9 Å². The second kappa shape index (κ2) is 5.78. The number of ether oxygens (including phenoxy) is 1. The minimum absolute atomic E-state index is 0.00121. The molecular weight excluding hydrogens is 328 g/mol. The second-order valence-corrected chi connectivity index (χ2v) is 5.49. The molecule has 20 heavy (non-hydrogen) atoms. The fourth-order valence-electron chi connectivity index (χ4n) is 1.96. The first-order chi connectivity index (χ1) is 9.53. The van der Waals surface area contributed by atoms with Crippen molar-refractivity contribution in [3.05, 3.63) is 33.9 Å². The number of amides is 1. The monoisotopic (exact) mass is 342 g/mol. The molecule has 2 rings (SSSR count). The Kier molecular flexibility index (Phi) is 4.27. The van der Waals surface area contributed by atoms with Gasteiger partial charge in [-0.2, -0.15) is 0 Å². The van der Waals surface area contributed by atoms with Gasteiger partial charge in [-0.25, -0.2) is 0 Å². The molecular formula is C13H15BrN2O4. The van der Waals surface area contributed by atoms with Gasteiger partial charge in [0.15, 0.2) is 0 Å². The van der Waals surface area contributed by atoms with Crippen LogP contribution in [-0.4, -0.2) is 29.8 Å². The van der Waals surface area contributed by atoms with Gasteiger partial charge < -0.3 is 10.1 Å². The lowest BCUT2D eigenvalue weighted by Gasteiger charge is -2.14. The highest BCUT2D eigenvalue weighted by Crippen LogP contribution is 2.46. The Labute approximate surface area is 124 Å². The van der Waals surface area contributed by atoms with E-state index >= 15 is 0 Å². The third-order valence-electron chi connectivity index (χ3n) is 3.50. The Morgan fingerprint density at radius 1 is 1.55 bits per heavy atom. The van der Waals surface area contributed by atoms with Crippen LogP contribution in [0.15, 0.2) is 18.2 Å². The first-order valence-electron chi connectivity index (χ1n) is 6.18. The number of benzene rings is 1. The van der Waals surface area contributed by atoms with Crippen molar-refractivity contribution < 1.29 is 14.5 Å². The zero-order chi connectivity index (χ0) is 14.8. The third-order valence-corrected chi connectivity index (χ3v) is 4.69. The maximum atomic E-state index is 12.2. The molecule has 0 spiro atoms. The van der Waals surface area contributed by atoms with Crippen LogP contribution in [0.3, 0.4) is 0 Å². The van der Waals surface area contributed by atoms with Crippen molar-refractivity contribution in [2.24, 2.45) is 5.41 Å². The number of carbonyl (C=O) groups is 1. The highest BCUT2D eigenvalue weighted by molar-refractivity contribution is 9.09.